The van der Waals surface area contributed by atoms with Crippen molar-refractivity contribution in [2.24, 2.45) is 0 Å². The Balaban J connectivity index is 1.49. The zero-order valence-corrected chi connectivity index (χ0v) is 16.8. The monoisotopic (exact) mass is 419 g/mol. The maximum atomic E-state index is 9.90. The lowest BCUT2D eigenvalue weighted by Gasteiger charge is -2.21. The van der Waals surface area contributed by atoms with Gasteiger partial charge in [0.15, 0.2) is 0 Å². The molecule has 0 fully saturated rings. The van der Waals surface area contributed by atoms with Gasteiger partial charge in [0.1, 0.15) is 17.9 Å². The van der Waals surface area contributed by atoms with Gasteiger partial charge in [-0.05, 0) is 23.8 Å². The molecule has 0 aliphatic carbocycles. The lowest BCUT2D eigenvalue weighted by molar-refractivity contribution is 0.133. The zero-order chi connectivity index (χ0) is 21.6. The highest BCUT2D eigenvalue weighted by molar-refractivity contribution is 5.76. The van der Waals surface area contributed by atoms with E-state index in [1.54, 1.807) is 29.2 Å². The fraction of sp³-hybridized carbons (Fsp3) is 0.333. The molecule has 3 aromatic rings. The van der Waals surface area contributed by atoms with Gasteiger partial charge in [-0.15, -0.1) is 0 Å². The van der Waals surface area contributed by atoms with E-state index in [9.17, 15) is 15.5 Å². The van der Waals surface area contributed by atoms with Gasteiger partial charge in [-0.25, -0.2) is 14.6 Å². The first-order chi connectivity index (χ1) is 15.0. The van der Waals surface area contributed by atoms with E-state index >= 15 is 0 Å². The molecule has 4 heterocycles. The first kappa shape index (κ1) is 19.3. The summed E-state index contributed by atoms with van der Waals surface area (Å²) in [5.41, 5.74) is 3.72. The molecule has 1 aromatic carbocycles. The topological polar surface area (TPSA) is 141 Å². The Morgan fingerprint density at radius 2 is 2.29 bits per heavy atom. The second kappa shape index (κ2) is 7.23. The molecule has 2 aliphatic heterocycles. The third kappa shape index (κ3) is 3.15. The van der Waals surface area contributed by atoms with E-state index in [0.717, 1.165) is 16.8 Å². The number of anilines is 3. The Hall–Kier alpha value is -3.68. The quantitative estimate of drug-likeness (QED) is 0.482. The number of rotatable bonds is 5. The molecule has 0 saturated heterocycles. The number of fused-ring (bicyclic) bond motifs is 2. The summed E-state index contributed by atoms with van der Waals surface area (Å²) >= 11 is 0. The molecular weight excluding hydrogens is 398 g/mol. The van der Waals surface area contributed by atoms with Gasteiger partial charge < -0.3 is 25.6 Å². The molecule has 158 valence electrons. The summed E-state index contributed by atoms with van der Waals surface area (Å²) in [6.45, 7) is 2.90. The third-order valence-corrected chi connectivity index (χ3v) is 5.76. The summed E-state index contributed by atoms with van der Waals surface area (Å²) in [6, 6.07) is 7.76. The van der Waals surface area contributed by atoms with Crippen LogP contribution in [0.15, 0.2) is 30.6 Å². The number of hydrogen-bond donors (Lipinski definition) is 4. The van der Waals surface area contributed by atoms with E-state index in [2.05, 4.69) is 31.8 Å². The lowest BCUT2D eigenvalue weighted by Crippen LogP contribution is -2.28. The van der Waals surface area contributed by atoms with Crippen LogP contribution in [0.2, 0.25) is 0 Å². The molecule has 0 radical (unpaired) electrons. The predicted octanol–water partition coefficient (Wildman–Crippen LogP) is 1.38. The highest BCUT2D eigenvalue weighted by atomic mass is 16.5. The summed E-state index contributed by atoms with van der Waals surface area (Å²) in [4.78, 5) is 8.88. The molecule has 2 aromatic heterocycles. The van der Waals surface area contributed by atoms with E-state index in [1.807, 2.05) is 13.0 Å². The number of aromatic nitrogens is 4. The minimum absolute atomic E-state index is 0.0283. The van der Waals surface area contributed by atoms with Gasteiger partial charge in [0.05, 0.1) is 42.9 Å². The summed E-state index contributed by atoms with van der Waals surface area (Å²) in [5.74, 6) is 0.883. The average molecular weight is 419 g/mol. The molecule has 2 unspecified atom stereocenters. The lowest BCUT2D eigenvalue weighted by atomic mass is 9.83. The molecule has 2 atom stereocenters. The van der Waals surface area contributed by atoms with Gasteiger partial charge in [-0.2, -0.15) is 10.4 Å². The van der Waals surface area contributed by atoms with Crippen molar-refractivity contribution in [1.82, 2.24) is 19.7 Å². The number of aliphatic hydroxyl groups is 2. The van der Waals surface area contributed by atoms with Crippen LogP contribution in [-0.2, 0) is 12.0 Å². The number of hydrogen-bond acceptors (Lipinski definition) is 9. The van der Waals surface area contributed by atoms with Crippen molar-refractivity contribution in [3.8, 4) is 23.2 Å². The second-order valence-electron chi connectivity index (χ2n) is 7.99. The van der Waals surface area contributed by atoms with Crippen LogP contribution in [0.4, 0.5) is 17.3 Å². The van der Waals surface area contributed by atoms with Crippen molar-refractivity contribution >= 4 is 17.3 Å². The second-order valence-corrected chi connectivity index (χ2v) is 7.99. The minimum Gasteiger partial charge on any atom is -0.469 e. The standard InChI is InChI=1S/C21H21N7O3/c1-21(11-30)10-24-18-13(6-22)4-12(5-15(18)21)16-2-3-23-20(26-16)27-17-7-25-28-8-14(9-29)31-19(17)28/h2-5,7,14,24,29-30H,8-11H2,1H3,(H,23,26,27). The van der Waals surface area contributed by atoms with Gasteiger partial charge in [0, 0.05) is 23.7 Å². The van der Waals surface area contributed by atoms with Crippen LogP contribution < -0.4 is 15.4 Å². The number of nitrogens with one attached hydrogen (secondary N) is 2. The normalized spacial score (nSPS) is 21.0. The maximum Gasteiger partial charge on any atom is 0.236 e. The molecule has 5 rings (SSSR count). The van der Waals surface area contributed by atoms with Gasteiger partial charge in [0.25, 0.3) is 0 Å². The Kier molecular flexibility index (Phi) is 4.50. The number of aliphatic hydroxyl groups excluding tert-OH is 2. The largest absolute Gasteiger partial charge is 0.469 e. The van der Waals surface area contributed by atoms with Crippen LogP contribution in [0.3, 0.4) is 0 Å². The van der Waals surface area contributed by atoms with E-state index < -0.39 is 5.41 Å². The third-order valence-electron chi connectivity index (χ3n) is 5.76. The molecule has 0 spiro atoms. The van der Waals surface area contributed by atoms with Gasteiger partial charge in [-0.3, -0.25) is 0 Å². The van der Waals surface area contributed by atoms with E-state index in [4.69, 9.17) is 4.74 Å². The van der Waals surface area contributed by atoms with Gasteiger partial charge in [-0.1, -0.05) is 6.92 Å². The Morgan fingerprint density at radius 3 is 3.06 bits per heavy atom. The van der Waals surface area contributed by atoms with Crippen molar-refractivity contribution in [2.75, 3.05) is 30.4 Å². The van der Waals surface area contributed by atoms with Crippen molar-refractivity contribution < 1.29 is 14.9 Å². The highest BCUT2D eigenvalue weighted by Crippen LogP contribution is 2.41. The molecule has 31 heavy (non-hydrogen) atoms. The van der Waals surface area contributed by atoms with Crippen LogP contribution in [0.25, 0.3) is 11.3 Å². The van der Waals surface area contributed by atoms with Crippen LogP contribution in [0, 0.1) is 11.3 Å². The minimum atomic E-state index is -0.468. The predicted molar refractivity (Wildman–Crippen MR) is 112 cm³/mol. The number of nitrogens with zero attached hydrogens (tertiary/aromatic N) is 5. The van der Waals surface area contributed by atoms with Gasteiger partial charge in [0.2, 0.25) is 11.8 Å². The first-order valence-electron chi connectivity index (χ1n) is 9.92. The molecule has 2 aliphatic rings. The van der Waals surface area contributed by atoms with E-state index in [1.165, 1.54) is 0 Å². The Labute approximate surface area is 178 Å². The Morgan fingerprint density at radius 1 is 1.42 bits per heavy atom. The van der Waals surface area contributed by atoms with Crippen LogP contribution in [0.5, 0.6) is 5.88 Å². The summed E-state index contributed by atoms with van der Waals surface area (Å²) < 4.78 is 7.37. The number of nitriles is 1. The van der Waals surface area contributed by atoms with Crippen LogP contribution >= 0.6 is 0 Å². The molecule has 0 bridgehead atoms. The van der Waals surface area contributed by atoms with Crippen LogP contribution in [0.1, 0.15) is 18.1 Å². The zero-order valence-electron chi connectivity index (χ0n) is 16.8. The average Bonchev–Trinajstić information content (AvgIpc) is 3.48. The molecule has 10 nitrogen and oxygen atoms in total. The number of ether oxygens (including phenoxy) is 1. The van der Waals surface area contributed by atoms with Crippen molar-refractivity contribution in [3.05, 3.63) is 41.7 Å². The van der Waals surface area contributed by atoms with E-state index in [-0.39, 0.29) is 19.3 Å². The molecule has 4 N–H and O–H groups in total. The smallest absolute Gasteiger partial charge is 0.236 e. The number of benzene rings is 1. The fourth-order valence-corrected chi connectivity index (χ4v) is 3.96. The summed E-state index contributed by atoms with van der Waals surface area (Å²) in [7, 11) is 0. The molecule has 0 amide bonds. The Bertz CT molecular complexity index is 1200. The molecule has 0 saturated carbocycles. The SMILES string of the molecule is CC1(CO)CNc2c(C#N)cc(-c3ccnc(Nc4cnn5c4OC(CO)C5)n3)cc21. The van der Waals surface area contributed by atoms with Gasteiger partial charge >= 0.3 is 0 Å². The first-order valence-corrected chi connectivity index (χ1v) is 9.92. The van der Waals surface area contributed by atoms with Crippen molar-refractivity contribution in [1.29, 1.82) is 5.26 Å². The van der Waals surface area contributed by atoms with Crippen LogP contribution in [-0.4, -0.2) is 55.8 Å². The highest BCUT2D eigenvalue weighted by Gasteiger charge is 2.36. The molecule has 10 heteroatoms. The summed E-state index contributed by atoms with van der Waals surface area (Å²) in [5, 5.41) is 39.5. The molecular formula is C21H21N7O3. The van der Waals surface area contributed by atoms with Crippen molar-refractivity contribution in [3.63, 3.8) is 0 Å². The van der Waals surface area contributed by atoms with Crippen molar-refractivity contribution in [2.45, 2.75) is 25.0 Å². The fourth-order valence-electron chi connectivity index (χ4n) is 3.96. The summed E-state index contributed by atoms with van der Waals surface area (Å²) in [6.07, 6.45) is 2.94. The maximum absolute atomic E-state index is 9.90. The van der Waals surface area contributed by atoms with E-state index in [0.29, 0.717) is 41.9 Å².